The minimum atomic E-state index is -0.647. The number of hydrogen-bond donors (Lipinski definition) is 6. The average molecular weight is 221 g/mol. The first-order valence-corrected chi connectivity index (χ1v) is 4.13. The highest BCUT2D eigenvalue weighted by molar-refractivity contribution is 5.79. The Morgan fingerprint density at radius 2 is 1.87 bits per heavy atom. The predicted molar refractivity (Wildman–Crippen MR) is 50.3 cm³/mol. The molecule has 0 heterocycles. The van der Waals surface area contributed by atoms with Gasteiger partial charge in [0.1, 0.15) is 6.73 Å². The van der Waals surface area contributed by atoms with Gasteiger partial charge in [0.2, 0.25) is 0 Å². The van der Waals surface area contributed by atoms with Crippen LogP contribution < -0.4 is 27.0 Å². The molecule has 4 amide bonds. The van der Waals surface area contributed by atoms with E-state index in [4.69, 9.17) is 5.11 Å². The lowest BCUT2D eigenvalue weighted by molar-refractivity contribution is 0.160. The van der Waals surface area contributed by atoms with Crippen molar-refractivity contribution in [2.75, 3.05) is 27.0 Å². The lowest BCUT2D eigenvalue weighted by Gasteiger charge is -2.09. The van der Waals surface area contributed by atoms with Crippen molar-refractivity contribution in [2.45, 2.75) is 0 Å². The first-order valence-electron chi connectivity index (χ1n) is 4.13. The number of ether oxygens (including phenoxy) is 1. The van der Waals surface area contributed by atoms with Crippen molar-refractivity contribution in [3.05, 3.63) is 0 Å². The molecule has 0 aromatic rings. The Morgan fingerprint density at radius 1 is 1.20 bits per heavy atom. The molecule has 0 unspecified atom stereocenters. The average Bonchev–Trinajstić information content (AvgIpc) is 2.24. The van der Waals surface area contributed by atoms with E-state index in [0.29, 0.717) is 0 Å². The monoisotopic (exact) mass is 221 g/mol. The van der Waals surface area contributed by atoms with Crippen LogP contribution in [0.1, 0.15) is 0 Å². The number of carbonyl (C=O) groups is 2. The van der Waals surface area contributed by atoms with Crippen molar-refractivity contribution < 1.29 is 19.4 Å². The molecule has 9 nitrogen and oxygen atoms in total. The van der Waals surface area contributed by atoms with Gasteiger partial charge in [-0.1, -0.05) is 0 Å². The summed E-state index contributed by atoms with van der Waals surface area (Å²) in [7, 11) is 1.45. The lowest BCUT2D eigenvalue weighted by Crippen LogP contribution is -2.53. The molecule has 0 saturated carbocycles. The highest BCUT2D eigenvalue weighted by atomic mass is 16.5. The quantitative estimate of drug-likeness (QED) is 0.175. The molecule has 0 radical (unpaired) electrons. The second-order valence-electron chi connectivity index (χ2n) is 2.29. The number of methoxy groups -OCH3 is 1. The fraction of sp³-hybridized carbons (Fsp3) is 0.667. The smallest absolute Gasteiger partial charge is 0.347 e. The summed E-state index contributed by atoms with van der Waals surface area (Å²) in [5.74, 6) is 0. The molecule has 0 spiro atoms. The molecule has 88 valence electrons. The molecule has 6 N–H and O–H groups in total. The largest absolute Gasteiger partial charge is 0.395 e. The molecule has 0 rings (SSSR count). The Bertz CT molecular complexity index is 200. The van der Waals surface area contributed by atoms with Crippen LogP contribution in [0.5, 0.6) is 0 Å². The first-order chi connectivity index (χ1) is 7.20. The molecule has 0 aromatic carbocycles. The third-order valence-corrected chi connectivity index (χ3v) is 1.11. The van der Waals surface area contributed by atoms with E-state index in [-0.39, 0.29) is 19.9 Å². The van der Waals surface area contributed by atoms with Crippen LogP contribution in [0.2, 0.25) is 0 Å². The van der Waals surface area contributed by atoms with E-state index < -0.39 is 12.1 Å². The molecule has 0 aliphatic carbocycles. The van der Waals surface area contributed by atoms with Crippen LogP contribution in [0.4, 0.5) is 9.59 Å². The number of nitrogens with one attached hydrogen (secondary N) is 5. The highest BCUT2D eigenvalue weighted by Gasteiger charge is 2.01. The van der Waals surface area contributed by atoms with Gasteiger partial charge in [0.05, 0.1) is 6.61 Å². The van der Waals surface area contributed by atoms with Gasteiger partial charge in [-0.25, -0.2) is 25.9 Å². The summed E-state index contributed by atoms with van der Waals surface area (Å²) in [6.07, 6.45) is 0. The van der Waals surface area contributed by atoms with E-state index in [1.165, 1.54) is 7.11 Å². The Morgan fingerprint density at radius 3 is 2.47 bits per heavy atom. The first kappa shape index (κ1) is 13.4. The minimum absolute atomic E-state index is 0.108. The molecular weight excluding hydrogens is 206 g/mol. The number of urea groups is 2. The fourth-order valence-corrected chi connectivity index (χ4v) is 0.547. The summed E-state index contributed by atoms with van der Waals surface area (Å²) in [5.41, 5.74) is 8.66. The van der Waals surface area contributed by atoms with Crippen molar-refractivity contribution in [1.29, 1.82) is 0 Å². The zero-order chi connectivity index (χ0) is 11.5. The number of amides is 4. The molecular formula is C6H15N5O4. The Labute approximate surface area is 86.5 Å². The number of hydrazine groups is 2. The van der Waals surface area contributed by atoms with Crippen LogP contribution in [0.3, 0.4) is 0 Å². The van der Waals surface area contributed by atoms with Crippen molar-refractivity contribution in [3.63, 3.8) is 0 Å². The van der Waals surface area contributed by atoms with Crippen molar-refractivity contribution in [3.8, 4) is 0 Å². The minimum Gasteiger partial charge on any atom is -0.395 e. The third kappa shape index (κ3) is 8.74. The maximum atomic E-state index is 10.9. The second kappa shape index (κ2) is 8.99. The van der Waals surface area contributed by atoms with Crippen molar-refractivity contribution in [1.82, 2.24) is 27.0 Å². The molecule has 0 saturated heterocycles. The van der Waals surface area contributed by atoms with Gasteiger partial charge < -0.3 is 15.2 Å². The van der Waals surface area contributed by atoms with E-state index in [1.807, 2.05) is 10.9 Å². The second-order valence-corrected chi connectivity index (χ2v) is 2.29. The molecule has 0 bridgehead atoms. The number of aliphatic hydroxyl groups is 1. The van der Waals surface area contributed by atoms with E-state index >= 15 is 0 Å². The van der Waals surface area contributed by atoms with Gasteiger partial charge in [-0.3, -0.25) is 5.43 Å². The summed E-state index contributed by atoms with van der Waals surface area (Å²) in [4.78, 5) is 21.7. The van der Waals surface area contributed by atoms with Crippen molar-refractivity contribution >= 4 is 12.1 Å². The van der Waals surface area contributed by atoms with Crippen molar-refractivity contribution in [2.24, 2.45) is 0 Å². The van der Waals surface area contributed by atoms with Crippen LogP contribution in [0, 0.1) is 0 Å². The summed E-state index contributed by atoms with van der Waals surface area (Å²) >= 11 is 0. The lowest BCUT2D eigenvalue weighted by atomic mass is 10.7. The van der Waals surface area contributed by atoms with Gasteiger partial charge in [-0.2, -0.15) is 0 Å². The molecule has 9 heteroatoms. The van der Waals surface area contributed by atoms with Crippen LogP contribution in [0.25, 0.3) is 0 Å². The van der Waals surface area contributed by atoms with Gasteiger partial charge in [-0.15, -0.1) is 0 Å². The van der Waals surface area contributed by atoms with Gasteiger partial charge in [0.15, 0.2) is 0 Å². The number of hydrogen-bond acceptors (Lipinski definition) is 5. The van der Waals surface area contributed by atoms with Crippen LogP contribution in [-0.4, -0.2) is 44.2 Å². The third-order valence-electron chi connectivity index (χ3n) is 1.11. The van der Waals surface area contributed by atoms with E-state index in [1.54, 1.807) is 0 Å². The maximum Gasteiger partial charge on any atom is 0.347 e. The van der Waals surface area contributed by atoms with Crippen LogP contribution >= 0.6 is 0 Å². The van der Waals surface area contributed by atoms with E-state index in [9.17, 15) is 9.59 Å². The normalized spacial score (nSPS) is 9.20. The molecule has 0 fully saturated rings. The zero-order valence-corrected chi connectivity index (χ0v) is 8.29. The number of carbonyl (C=O) groups excluding carboxylic acids is 2. The van der Waals surface area contributed by atoms with E-state index in [0.717, 1.165) is 0 Å². The molecule has 0 aliphatic rings. The Hall–Kier alpha value is -1.58. The Kier molecular flexibility index (Phi) is 8.05. The maximum absolute atomic E-state index is 10.9. The number of aliphatic hydroxyl groups excluding tert-OH is 1. The highest BCUT2D eigenvalue weighted by Crippen LogP contribution is 1.63. The SMILES string of the molecule is COCNNC(=O)NNC(=O)NCCO. The van der Waals surface area contributed by atoms with Gasteiger partial charge in [0.25, 0.3) is 0 Å². The van der Waals surface area contributed by atoms with E-state index in [2.05, 4.69) is 20.9 Å². The Balaban J connectivity index is 3.40. The predicted octanol–water partition coefficient (Wildman–Crippen LogP) is -2.40. The topological polar surface area (TPSA) is 124 Å². The van der Waals surface area contributed by atoms with Gasteiger partial charge in [-0.05, 0) is 0 Å². The molecule has 0 aromatic heterocycles. The summed E-state index contributed by atoms with van der Waals surface area (Å²) in [6, 6.07) is -1.27. The summed E-state index contributed by atoms with van der Waals surface area (Å²) in [6.45, 7) is 0.0796. The summed E-state index contributed by atoms with van der Waals surface area (Å²) < 4.78 is 4.59. The van der Waals surface area contributed by atoms with Crippen LogP contribution in [0.15, 0.2) is 0 Å². The molecule has 0 aliphatic heterocycles. The fourth-order valence-electron chi connectivity index (χ4n) is 0.547. The van der Waals surface area contributed by atoms with Gasteiger partial charge in [0, 0.05) is 13.7 Å². The molecule has 15 heavy (non-hydrogen) atoms. The summed E-state index contributed by atoms with van der Waals surface area (Å²) in [5, 5.41) is 10.6. The standard InChI is InChI=1S/C6H15N5O4/c1-15-4-8-9-6(14)11-10-5(13)7-2-3-12/h8,12H,2-4H2,1H3,(H2,7,10,13)(H2,9,11,14). The zero-order valence-electron chi connectivity index (χ0n) is 8.29. The molecule has 0 atom stereocenters. The number of rotatable bonds is 5. The van der Waals surface area contributed by atoms with Gasteiger partial charge >= 0.3 is 12.1 Å². The van der Waals surface area contributed by atoms with Crippen LogP contribution in [-0.2, 0) is 4.74 Å².